The van der Waals surface area contributed by atoms with E-state index in [0.29, 0.717) is 11.4 Å². The van der Waals surface area contributed by atoms with E-state index in [1.807, 2.05) is 30.3 Å². The number of rotatable bonds is 2. The van der Waals surface area contributed by atoms with Crippen LogP contribution in [0, 0.1) is 13.8 Å². The van der Waals surface area contributed by atoms with E-state index in [9.17, 15) is 9.59 Å². The number of H-pyrrole nitrogens is 1. The molecule has 2 aromatic heterocycles. The number of anilines is 1. The number of fused-ring (bicyclic) bond motifs is 1. The smallest absolute Gasteiger partial charge is 0.270 e. The molecule has 7 nitrogen and oxygen atoms in total. The molecule has 26 heavy (non-hydrogen) atoms. The Balaban J connectivity index is 1.83. The van der Waals surface area contributed by atoms with Crippen molar-refractivity contribution in [2.75, 3.05) is 5.32 Å². The number of aromatic amines is 1. The molecule has 7 heteroatoms. The summed E-state index contributed by atoms with van der Waals surface area (Å²) in [6.45, 7) is 3.95. The van der Waals surface area contributed by atoms with Gasteiger partial charge in [0.15, 0.2) is 0 Å². The molecule has 1 atom stereocenters. The lowest BCUT2D eigenvalue weighted by atomic mass is 9.86. The predicted octanol–water partition coefficient (Wildman–Crippen LogP) is 2.90. The van der Waals surface area contributed by atoms with Gasteiger partial charge in [0.2, 0.25) is 5.91 Å². The maximum atomic E-state index is 12.9. The zero-order valence-electron chi connectivity index (χ0n) is 15.8. The molecule has 0 bridgehead atoms. The van der Waals surface area contributed by atoms with Gasteiger partial charge in [-0.15, -0.1) is 0 Å². The minimum Gasteiger partial charge on any atom is -0.311 e. The lowest BCUT2D eigenvalue weighted by Gasteiger charge is -2.26. The molecule has 0 spiro atoms. The lowest BCUT2D eigenvalue weighted by molar-refractivity contribution is -0.116. The van der Waals surface area contributed by atoms with Gasteiger partial charge in [0, 0.05) is 30.6 Å². The van der Waals surface area contributed by atoms with Crippen molar-refractivity contribution in [3.63, 3.8) is 0 Å². The Bertz CT molecular complexity index is 896. The molecule has 0 unspecified atom stereocenters. The molecule has 0 aromatic carbocycles. The largest absolute Gasteiger partial charge is 0.311 e. The van der Waals surface area contributed by atoms with Crippen LogP contribution < -0.4 is 10.9 Å². The quantitative estimate of drug-likeness (QED) is 0.811. The van der Waals surface area contributed by atoms with Crippen molar-refractivity contribution in [3.05, 3.63) is 32.9 Å². The first-order valence-corrected chi connectivity index (χ1v) is 9.61. The number of aromatic nitrogens is 4. The predicted molar refractivity (Wildman–Crippen MR) is 99.6 cm³/mol. The summed E-state index contributed by atoms with van der Waals surface area (Å²) in [6.07, 6.45) is 7.19. The van der Waals surface area contributed by atoms with Crippen LogP contribution in [-0.4, -0.2) is 25.5 Å². The number of carbonyl (C=O) groups excluding carboxylic acids is 1. The monoisotopic (exact) mass is 357 g/mol. The number of hydrogen-bond donors (Lipinski definition) is 2. The molecular formula is C19H27N5O2. The van der Waals surface area contributed by atoms with Crippen molar-refractivity contribution >= 4 is 11.7 Å². The zero-order chi connectivity index (χ0) is 18.4. The summed E-state index contributed by atoms with van der Waals surface area (Å²) in [5, 5.41) is 10.5. The lowest BCUT2D eigenvalue weighted by Crippen LogP contribution is -2.28. The number of carbonyl (C=O) groups is 1. The van der Waals surface area contributed by atoms with Gasteiger partial charge >= 0.3 is 0 Å². The van der Waals surface area contributed by atoms with Crippen LogP contribution in [0.15, 0.2) is 4.79 Å². The molecule has 4 rings (SSSR count). The molecule has 1 saturated carbocycles. The zero-order valence-corrected chi connectivity index (χ0v) is 15.8. The van der Waals surface area contributed by atoms with E-state index >= 15 is 0 Å². The van der Waals surface area contributed by atoms with Gasteiger partial charge in [-0.25, -0.2) is 0 Å². The topological polar surface area (TPSA) is 84.7 Å². The van der Waals surface area contributed by atoms with Crippen molar-refractivity contribution in [3.8, 4) is 0 Å². The van der Waals surface area contributed by atoms with Crippen LogP contribution in [-0.2, 0) is 11.8 Å². The minimum absolute atomic E-state index is 0.0356. The van der Waals surface area contributed by atoms with Crippen molar-refractivity contribution in [2.45, 2.75) is 70.8 Å². The molecule has 2 N–H and O–H groups in total. The second kappa shape index (κ2) is 6.45. The first kappa shape index (κ1) is 17.1. The van der Waals surface area contributed by atoms with E-state index in [2.05, 4.69) is 15.5 Å². The summed E-state index contributed by atoms with van der Waals surface area (Å²) < 4.78 is 3.77. The van der Waals surface area contributed by atoms with Crippen LogP contribution in [0.3, 0.4) is 0 Å². The van der Waals surface area contributed by atoms with Crippen LogP contribution in [0.4, 0.5) is 5.82 Å². The van der Waals surface area contributed by atoms with Crippen molar-refractivity contribution in [2.24, 2.45) is 7.05 Å². The molecule has 1 aliphatic carbocycles. The average molecular weight is 357 g/mol. The van der Waals surface area contributed by atoms with Gasteiger partial charge in [-0.3, -0.25) is 24.1 Å². The van der Waals surface area contributed by atoms with E-state index in [1.165, 1.54) is 12.8 Å². The fourth-order valence-corrected chi connectivity index (χ4v) is 4.71. The van der Waals surface area contributed by atoms with Crippen LogP contribution in [0.25, 0.3) is 0 Å². The van der Waals surface area contributed by atoms with Crippen LogP contribution >= 0.6 is 0 Å². The first-order valence-electron chi connectivity index (χ1n) is 9.61. The highest BCUT2D eigenvalue weighted by molar-refractivity contribution is 5.94. The van der Waals surface area contributed by atoms with Crippen LogP contribution in [0.2, 0.25) is 0 Å². The average Bonchev–Trinajstić information content (AvgIpc) is 2.91. The maximum absolute atomic E-state index is 12.9. The fourth-order valence-electron chi connectivity index (χ4n) is 4.71. The van der Waals surface area contributed by atoms with Crippen LogP contribution in [0.1, 0.15) is 79.4 Å². The van der Waals surface area contributed by atoms with E-state index in [4.69, 9.17) is 0 Å². The van der Waals surface area contributed by atoms with Gasteiger partial charge in [-0.1, -0.05) is 25.7 Å². The molecular weight excluding hydrogens is 330 g/mol. The van der Waals surface area contributed by atoms with E-state index in [-0.39, 0.29) is 29.8 Å². The van der Waals surface area contributed by atoms with E-state index in [0.717, 1.165) is 42.6 Å². The van der Waals surface area contributed by atoms with Crippen molar-refractivity contribution < 1.29 is 4.79 Å². The van der Waals surface area contributed by atoms with Gasteiger partial charge < -0.3 is 5.32 Å². The fraction of sp³-hybridized carbons (Fsp3) is 0.632. The molecule has 140 valence electrons. The summed E-state index contributed by atoms with van der Waals surface area (Å²) in [4.78, 5) is 25.4. The van der Waals surface area contributed by atoms with Crippen molar-refractivity contribution in [1.82, 2.24) is 19.6 Å². The molecule has 0 saturated heterocycles. The number of nitrogens with zero attached hydrogens (tertiary/aromatic N) is 3. The van der Waals surface area contributed by atoms with Gasteiger partial charge in [0.1, 0.15) is 5.82 Å². The van der Waals surface area contributed by atoms with Gasteiger partial charge in [-0.05, 0) is 26.7 Å². The number of amides is 1. The highest BCUT2D eigenvalue weighted by Gasteiger charge is 2.36. The van der Waals surface area contributed by atoms with E-state index in [1.54, 1.807) is 0 Å². The third-order valence-corrected chi connectivity index (χ3v) is 6.06. The Morgan fingerprint density at radius 1 is 1.04 bits per heavy atom. The molecule has 1 amide bonds. The van der Waals surface area contributed by atoms with Gasteiger partial charge in [0.25, 0.3) is 5.56 Å². The highest BCUT2D eigenvalue weighted by Crippen LogP contribution is 2.40. The third kappa shape index (κ3) is 2.70. The third-order valence-electron chi connectivity index (χ3n) is 6.06. The summed E-state index contributed by atoms with van der Waals surface area (Å²) in [6, 6.07) is 0.254. The minimum atomic E-state index is -0.233. The molecule has 2 aromatic rings. The normalized spacial score (nSPS) is 21.3. The number of nitrogens with one attached hydrogen (secondary N) is 2. The molecule has 1 aliphatic heterocycles. The van der Waals surface area contributed by atoms with Gasteiger partial charge in [0.05, 0.1) is 17.3 Å². The highest BCUT2D eigenvalue weighted by atomic mass is 16.2. The Morgan fingerprint density at radius 2 is 1.73 bits per heavy atom. The van der Waals surface area contributed by atoms with Crippen molar-refractivity contribution in [1.29, 1.82) is 0 Å². The van der Waals surface area contributed by atoms with Gasteiger partial charge in [-0.2, -0.15) is 5.10 Å². The summed E-state index contributed by atoms with van der Waals surface area (Å²) in [5.41, 5.74) is 3.50. The second-order valence-electron chi connectivity index (χ2n) is 7.73. The summed E-state index contributed by atoms with van der Waals surface area (Å²) >= 11 is 0. The molecule has 0 radical (unpaired) electrons. The standard InChI is InChI=1S/C19H27N5O2/c1-11-16(12(2)23(3)21-11)14-10-15(25)20-18-17(14)19(26)22-24(18)13-8-6-4-5-7-9-13/h13-14H,4-10H2,1-3H3,(H,20,25)(H,22,26)/t14-/m1/s1. The number of aryl methyl sites for hydroxylation is 2. The Hall–Kier alpha value is -2.31. The SMILES string of the molecule is Cc1nn(C)c(C)c1[C@H]1CC(=O)Nc2c1c(=O)[nH]n2C1CCCCCC1. The Labute approximate surface area is 152 Å². The van der Waals surface area contributed by atoms with Crippen LogP contribution in [0.5, 0.6) is 0 Å². The van der Waals surface area contributed by atoms with E-state index < -0.39 is 0 Å². The maximum Gasteiger partial charge on any atom is 0.270 e. The molecule has 1 fully saturated rings. The first-order chi connectivity index (χ1) is 12.5. The molecule has 3 heterocycles. The second-order valence-corrected chi connectivity index (χ2v) is 7.73. The summed E-state index contributed by atoms with van der Waals surface area (Å²) in [7, 11) is 1.90. The summed E-state index contributed by atoms with van der Waals surface area (Å²) in [5.74, 6) is 0.403. The Morgan fingerprint density at radius 3 is 2.35 bits per heavy atom. The Kier molecular flexibility index (Phi) is 4.25. The molecule has 2 aliphatic rings. The number of hydrogen-bond acceptors (Lipinski definition) is 3.